The third kappa shape index (κ3) is 5.87. The van der Waals surface area contributed by atoms with E-state index < -0.39 is 0 Å². The number of rotatable bonds is 7. The molecule has 0 N–H and O–H groups in total. The lowest BCUT2D eigenvalue weighted by Gasteiger charge is -2.38. The maximum absolute atomic E-state index is 14.1. The van der Waals surface area contributed by atoms with Crippen molar-refractivity contribution < 1.29 is 9.13 Å². The number of fused-ring (bicyclic) bond motifs is 2. The van der Waals surface area contributed by atoms with Crippen LogP contribution in [-0.4, -0.2) is 50.3 Å². The molecule has 1 saturated carbocycles. The Bertz CT molecular complexity index is 1150. The average Bonchev–Trinajstić information content (AvgIpc) is 3.43. The van der Waals surface area contributed by atoms with Gasteiger partial charge in [0.05, 0.1) is 23.2 Å². The topological polar surface area (TPSA) is 19.0 Å². The molecule has 0 unspecified atom stereocenters. The number of nitrogens with zero attached hydrogens (tertiary/aromatic N) is 3. The van der Waals surface area contributed by atoms with Crippen LogP contribution < -0.4 is 14.5 Å². The number of ether oxygens (including phenoxy) is 1. The van der Waals surface area contributed by atoms with Crippen LogP contribution in [0.1, 0.15) is 32.1 Å². The van der Waals surface area contributed by atoms with Crippen molar-refractivity contribution in [3.05, 3.63) is 72.5 Å². The van der Waals surface area contributed by atoms with E-state index in [0.29, 0.717) is 0 Å². The Balaban J connectivity index is 0.00000280. The third-order valence-corrected chi connectivity index (χ3v) is 8.75. The van der Waals surface area contributed by atoms with Gasteiger partial charge < -0.3 is 14.5 Å². The van der Waals surface area contributed by atoms with Crippen LogP contribution in [-0.2, 0) is 0 Å². The van der Waals surface area contributed by atoms with Gasteiger partial charge in [-0.25, -0.2) is 4.39 Å². The Hall–Kier alpha value is -2.41. The standard InChI is InChI=1S/C30H34FN3OS.ClH/c31-23-14-15-28(35-24-8-1-2-9-24)27(22-23)33-20-18-32(19-21-33)16-7-17-34-25-10-3-5-12-29(25)36-30-13-6-4-11-26(30)34;/h3-6,10-15,22,24H,1-2,7-9,16-21H2;1H. The van der Waals surface area contributed by atoms with Gasteiger partial charge in [-0.1, -0.05) is 36.0 Å². The van der Waals surface area contributed by atoms with Gasteiger partial charge in [0.1, 0.15) is 11.6 Å². The lowest BCUT2D eigenvalue weighted by Crippen LogP contribution is -2.47. The van der Waals surface area contributed by atoms with Gasteiger partial charge in [-0.3, -0.25) is 4.90 Å². The molecule has 0 aromatic heterocycles. The highest BCUT2D eigenvalue weighted by Gasteiger charge is 2.25. The molecule has 0 spiro atoms. The Morgan fingerprint density at radius 3 is 2.11 bits per heavy atom. The molecule has 6 rings (SSSR count). The van der Waals surface area contributed by atoms with Gasteiger partial charge in [-0.15, -0.1) is 12.4 Å². The summed E-state index contributed by atoms with van der Waals surface area (Å²) < 4.78 is 20.4. The van der Waals surface area contributed by atoms with E-state index >= 15 is 0 Å². The van der Waals surface area contributed by atoms with Crippen molar-refractivity contribution in [3.8, 4) is 5.75 Å². The summed E-state index contributed by atoms with van der Waals surface area (Å²) in [7, 11) is 0. The van der Waals surface area contributed by atoms with Crippen molar-refractivity contribution in [2.24, 2.45) is 0 Å². The minimum atomic E-state index is -0.188. The average molecular weight is 540 g/mol. The molecule has 196 valence electrons. The molecule has 4 nitrogen and oxygen atoms in total. The number of anilines is 3. The molecule has 0 atom stereocenters. The van der Waals surface area contributed by atoms with Crippen LogP contribution in [0, 0.1) is 5.82 Å². The highest BCUT2D eigenvalue weighted by molar-refractivity contribution is 7.99. The second kappa shape index (κ2) is 12.0. The fourth-order valence-corrected chi connectivity index (χ4v) is 6.81. The van der Waals surface area contributed by atoms with E-state index in [1.54, 1.807) is 6.07 Å². The largest absolute Gasteiger partial charge is 0.488 e. The minimum Gasteiger partial charge on any atom is -0.488 e. The molecule has 7 heteroatoms. The maximum atomic E-state index is 14.1. The van der Waals surface area contributed by atoms with E-state index in [2.05, 4.69) is 63.2 Å². The highest BCUT2D eigenvalue weighted by atomic mass is 35.5. The first kappa shape index (κ1) is 26.2. The van der Waals surface area contributed by atoms with Crippen molar-refractivity contribution in [1.82, 2.24) is 4.90 Å². The Morgan fingerprint density at radius 2 is 1.43 bits per heavy atom. The van der Waals surface area contributed by atoms with Gasteiger partial charge >= 0.3 is 0 Å². The molecule has 1 aliphatic carbocycles. The molecule has 2 aliphatic heterocycles. The summed E-state index contributed by atoms with van der Waals surface area (Å²) in [4.78, 5) is 9.99. The molecule has 1 saturated heterocycles. The normalized spacial score (nSPS) is 17.8. The molecule has 3 aromatic carbocycles. The molecule has 2 heterocycles. The molecular formula is C30H35ClFN3OS. The number of halogens is 2. The lowest BCUT2D eigenvalue weighted by molar-refractivity contribution is 0.208. The number of hydrogen-bond donors (Lipinski definition) is 0. The van der Waals surface area contributed by atoms with Gasteiger partial charge in [0.25, 0.3) is 0 Å². The van der Waals surface area contributed by atoms with E-state index in [4.69, 9.17) is 4.74 Å². The number of para-hydroxylation sites is 2. The first-order valence-corrected chi connectivity index (χ1v) is 14.1. The van der Waals surface area contributed by atoms with Crippen LogP contribution >= 0.6 is 24.2 Å². The van der Waals surface area contributed by atoms with E-state index in [-0.39, 0.29) is 24.3 Å². The fourth-order valence-electron chi connectivity index (χ4n) is 5.71. The molecular weight excluding hydrogens is 505 g/mol. The summed E-state index contributed by atoms with van der Waals surface area (Å²) in [5, 5.41) is 0. The first-order valence-electron chi connectivity index (χ1n) is 13.3. The van der Waals surface area contributed by atoms with Crippen molar-refractivity contribution in [2.75, 3.05) is 49.1 Å². The Morgan fingerprint density at radius 1 is 0.784 bits per heavy atom. The molecule has 3 aliphatic rings. The quantitative estimate of drug-likeness (QED) is 0.311. The van der Waals surface area contributed by atoms with E-state index in [1.807, 2.05) is 17.8 Å². The van der Waals surface area contributed by atoms with E-state index in [0.717, 1.165) is 70.0 Å². The van der Waals surface area contributed by atoms with Gasteiger partial charge in [0.2, 0.25) is 0 Å². The monoisotopic (exact) mass is 539 g/mol. The zero-order valence-electron chi connectivity index (χ0n) is 21.2. The summed E-state index contributed by atoms with van der Waals surface area (Å²) in [6.07, 6.45) is 6.05. The van der Waals surface area contributed by atoms with Crippen molar-refractivity contribution in [1.29, 1.82) is 0 Å². The molecule has 3 aromatic rings. The molecule has 0 bridgehead atoms. The maximum Gasteiger partial charge on any atom is 0.143 e. The summed E-state index contributed by atoms with van der Waals surface area (Å²) >= 11 is 1.86. The molecule has 0 radical (unpaired) electrons. The predicted molar refractivity (Wildman–Crippen MR) is 154 cm³/mol. The van der Waals surface area contributed by atoms with Gasteiger partial charge in [-0.2, -0.15) is 0 Å². The number of piperazine rings is 1. The Labute approximate surface area is 230 Å². The molecule has 0 amide bonds. The van der Waals surface area contributed by atoms with E-state index in [1.165, 1.54) is 40.1 Å². The number of hydrogen-bond acceptors (Lipinski definition) is 5. The Kier molecular flexibility index (Phi) is 8.48. The third-order valence-electron chi connectivity index (χ3n) is 7.62. The second-order valence-corrected chi connectivity index (χ2v) is 11.1. The molecule has 2 fully saturated rings. The summed E-state index contributed by atoms with van der Waals surface area (Å²) in [6, 6.07) is 22.4. The SMILES string of the molecule is Cl.Fc1ccc(OC2CCCC2)c(N2CCN(CCCN3c4ccccc4Sc4ccccc43)CC2)c1. The number of benzene rings is 3. The van der Waals surface area contributed by atoms with Gasteiger partial charge in [0.15, 0.2) is 0 Å². The first-order chi connectivity index (χ1) is 17.7. The van der Waals surface area contributed by atoms with Crippen LogP contribution in [0.3, 0.4) is 0 Å². The van der Waals surface area contributed by atoms with Crippen LogP contribution in [0.15, 0.2) is 76.5 Å². The van der Waals surface area contributed by atoms with Crippen molar-refractivity contribution >= 4 is 41.2 Å². The summed E-state index contributed by atoms with van der Waals surface area (Å²) in [5.41, 5.74) is 3.54. The van der Waals surface area contributed by atoms with Crippen molar-refractivity contribution in [3.63, 3.8) is 0 Å². The minimum absolute atomic E-state index is 0. The van der Waals surface area contributed by atoms with Crippen molar-refractivity contribution in [2.45, 2.75) is 48.0 Å². The summed E-state index contributed by atoms with van der Waals surface area (Å²) in [5.74, 6) is 0.656. The predicted octanol–water partition coefficient (Wildman–Crippen LogP) is 7.38. The van der Waals surface area contributed by atoms with Gasteiger partial charge in [-0.05, 0) is 75.0 Å². The lowest BCUT2D eigenvalue weighted by atomic mass is 10.2. The second-order valence-electron chi connectivity index (χ2n) is 10.0. The van der Waals surface area contributed by atoms with Crippen LogP contribution in [0.4, 0.5) is 21.5 Å². The van der Waals surface area contributed by atoms with Crippen LogP contribution in [0.2, 0.25) is 0 Å². The van der Waals surface area contributed by atoms with E-state index in [9.17, 15) is 4.39 Å². The van der Waals surface area contributed by atoms with Crippen LogP contribution in [0.5, 0.6) is 5.75 Å². The van der Waals surface area contributed by atoms with Gasteiger partial charge in [0, 0.05) is 48.6 Å². The zero-order chi connectivity index (χ0) is 24.3. The smallest absolute Gasteiger partial charge is 0.143 e. The zero-order valence-corrected chi connectivity index (χ0v) is 22.8. The summed E-state index contributed by atoms with van der Waals surface area (Å²) in [6.45, 7) is 5.84. The molecule has 37 heavy (non-hydrogen) atoms. The fraction of sp³-hybridized carbons (Fsp3) is 0.400. The highest BCUT2D eigenvalue weighted by Crippen LogP contribution is 2.47. The van der Waals surface area contributed by atoms with Crippen LogP contribution in [0.25, 0.3) is 0 Å².